The van der Waals surface area contributed by atoms with E-state index in [2.05, 4.69) is 4.74 Å². The first-order valence-corrected chi connectivity index (χ1v) is 8.86. The molecule has 0 N–H and O–H groups in total. The lowest BCUT2D eigenvalue weighted by Crippen LogP contribution is -2.16. The van der Waals surface area contributed by atoms with Crippen LogP contribution in [0.2, 0.25) is 10.0 Å². The van der Waals surface area contributed by atoms with Gasteiger partial charge in [0, 0.05) is 5.56 Å². The van der Waals surface area contributed by atoms with Crippen molar-refractivity contribution in [1.29, 1.82) is 0 Å². The van der Waals surface area contributed by atoms with E-state index < -0.39 is 24.3 Å². The van der Waals surface area contributed by atoms with Gasteiger partial charge in [-0.15, -0.1) is 0 Å². The highest BCUT2D eigenvalue weighted by Gasteiger charge is 2.20. The lowest BCUT2D eigenvalue weighted by molar-refractivity contribution is -0.138. The number of halogens is 2. The fraction of sp³-hybridized carbons (Fsp3) is 0.150. The zero-order valence-electron chi connectivity index (χ0n) is 15.4. The first kappa shape index (κ1) is 22.3. The quantitative estimate of drug-likeness (QED) is 0.265. The number of ether oxygens (including phenoxy) is 4. The van der Waals surface area contributed by atoms with Crippen molar-refractivity contribution in [3.63, 3.8) is 0 Å². The Balaban J connectivity index is 2.13. The largest absolute Gasteiger partial charge is 0.500 e. The van der Waals surface area contributed by atoms with Gasteiger partial charge in [-0.2, -0.15) is 0 Å². The summed E-state index contributed by atoms with van der Waals surface area (Å²) < 4.78 is 19.9. The summed E-state index contributed by atoms with van der Waals surface area (Å²) in [6.45, 7) is -0.525. The Morgan fingerprint density at radius 1 is 1.00 bits per heavy atom. The second-order valence-electron chi connectivity index (χ2n) is 5.44. The minimum absolute atomic E-state index is 0.000319. The molecule has 0 aliphatic heterocycles. The average molecular weight is 439 g/mol. The predicted molar refractivity (Wildman–Crippen MR) is 105 cm³/mol. The summed E-state index contributed by atoms with van der Waals surface area (Å²) in [6, 6.07) is 10.4. The van der Waals surface area contributed by atoms with E-state index in [4.69, 9.17) is 37.4 Å². The molecule has 0 heterocycles. The van der Waals surface area contributed by atoms with E-state index in [9.17, 15) is 14.4 Å². The van der Waals surface area contributed by atoms with Gasteiger partial charge < -0.3 is 18.9 Å². The SMILES string of the molecule is COC=C(Oc1ccccc1C(=O)OCC(=O)c1ccc(Cl)c(Cl)c1)C(=O)OC. The molecule has 0 amide bonds. The summed E-state index contributed by atoms with van der Waals surface area (Å²) in [5.41, 5.74) is 0.244. The zero-order chi connectivity index (χ0) is 21.4. The van der Waals surface area contributed by atoms with Crippen molar-refractivity contribution in [2.45, 2.75) is 0 Å². The Kier molecular flexibility index (Phi) is 8.06. The van der Waals surface area contributed by atoms with Gasteiger partial charge in [-0.1, -0.05) is 35.3 Å². The fourth-order valence-corrected chi connectivity index (χ4v) is 2.42. The maximum Gasteiger partial charge on any atom is 0.377 e. The highest BCUT2D eigenvalue weighted by Crippen LogP contribution is 2.24. The second-order valence-corrected chi connectivity index (χ2v) is 6.25. The third-order valence-electron chi connectivity index (χ3n) is 3.51. The van der Waals surface area contributed by atoms with Gasteiger partial charge in [-0.3, -0.25) is 4.79 Å². The van der Waals surface area contributed by atoms with Gasteiger partial charge >= 0.3 is 11.9 Å². The number of esters is 2. The number of ketones is 1. The molecule has 0 saturated heterocycles. The van der Waals surface area contributed by atoms with E-state index in [0.29, 0.717) is 5.02 Å². The number of carbonyl (C=O) groups is 3. The smallest absolute Gasteiger partial charge is 0.377 e. The minimum Gasteiger partial charge on any atom is -0.500 e. The van der Waals surface area contributed by atoms with Gasteiger partial charge in [0.2, 0.25) is 5.76 Å². The number of methoxy groups -OCH3 is 2. The predicted octanol–water partition coefficient (Wildman–Crippen LogP) is 4.07. The first-order chi connectivity index (χ1) is 13.9. The van der Waals surface area contributed by atoms with Gasteiger partial charge in [0.1, 0.15) is 17.6 Å². The second kappa shape index (κ2) is 10.5. The summed E-state index contributed by atoms with van der Waals surface area (Å²) in [6.07, 6.45) is 1.03. The summed E-state index contributed by atoms with van der Waals surface area (Å²) >= 11 is 11.7. The van der Waals surface area contributed by atoms with E-state index in [-0.39, 0.29) is 27.7 Å². The monoisotopic (exact) mass is 438 g/mol. The van der Waals surface area contributed by atoms with Gasteiger partial charge in [0.25, 0.3) is 0 Å². The molecular formula is C20H16Cl2O7. The number of rotatable bonds is 8. The Bertz CT molecular complexity index is 954. The van der Waals surface area contributed by atoms with Crippen LogP contribution in [-0.2, 0) is 19.0 Å². The van der Waals surface area contributed by atoms with Crippen LogP contribution in [0.15, 0.2) is 54.5 Å². The van der Waals surface area contributed by atoms with Crippen molar-refractivity contribution in [1.82, 2.24) is 0 Å². The molecule has 0 aromatic heterocycles. The van der Waals surface area contributed by atoms with Crippen molar-refractivity contribution in [3.8, 4) is 5.75 Å². The van der Waals surface area contributed by atoms with Crippen LogP contribution in [0.4, 0.5) is 0 Å². The van der Waals surface area contributed by atoms with Crippen LogP contribution >= 0.6 is 23.2 Å². The Hall–Kier alpha value is -3.03. The lowest BCUT2D eigenvalue weighted by atomic mass is 10.1. The zero-order valence-corrected chi connectivity index (χ0v) is 17.0. The summed E-state index contributed by atoms with van der Waals surface area (Å²) in [4.78, 5) is 36.4. The maximum absolute atomic E-state index is 12.4. The van der Waals surface area contributed by atoms with Crippen LogP contribution in [0.5, 0.6) is 5.75 Å². The molecule has 2 rings (SSSR count). The van der Waals surface area contributed by atoms with Crippen LogP contribution in [0, 0.1) is 0 Å². The summed E-state index contributed by atoms with van der Waals surface area (Å²) in [7, 11) is 2.49. The van der Waals surface area contributed by atoms with Crippen molar-refractivity contribution in [3.05, 3.63) is 75.7 Å². The van der Waals surface area contributed by atoms with Gasteiger partial charge in [0.15, 0.2) is 12.4 Å². The molecule has 2 aromatic rings. The van der Waals surface area contributed by atoms with Gasteiger partial charge in [0.05, 0.1) is 24.3 Å². The number of benzene rings is 2. The molecule has 29 heavy (non-hydrogen) atoms. The molecule has 0 atom stereocenters. The molecule has 2 aromatic carbocycles. The lowest BCUT2D eigenvalue weighted by Gasteiger charge is -2.12. The van der Waals surface area contributed by atoms with Gasteiger partial charge in [-0.05, 0) is 30.3 Å². The number of Topliss-reactive ketones (excluding diaryl/α,β-unsaturated/α-hetero) is 1. The molecule has 0 bridgehead atoms. The molecule has 0 fully saturated rings. The molecule has 0 saturated carbocycles. The third-order valence-corrected chi connectivity index (χ3v) is 4.25. The molecule has 0 radical (unpaired) electrons. The number of hydrogen-bond acceptors (Lipinski definition) is 7. The highest BCUT2D eigenvalue weighted by molar-refractivity contribution is 6.42. The van der Waals surface area contributed by atoms with E-state index in [1.165, 1.54) is 44.6 Å². The molecule has 0 spiro atoms. The van der Waals surface area contributed by atoms with E-state index in [1.807, 2.05) is 0 Å². The standard InChI is InChI=1S/C20H16Cl2O7/c1-26-11-18(20(25)27-2)29-17-6-4-3-5-13(17)19(24)28-10-16(23)12-7-8-14(21)15(22)9-12/h3-9,11H,10H2,1-2H3. The topological polar surface area (TPSA) is 88.1 Å². The highest BCUT2D eigenvalue weighted by atomic mass is 35.5. The van der Waals surface area contributed by atoms with Crippen LogP contribution in [0.25, 0.3) is 0 Å². The number of para-hydroxylation sites is 1. The Labute approximate surface area is 176 Å². The van der Waals surface area contributed by atoms with E-state index in [1.54, 1.807) is 12.1 Å². The molecule has 0 aliphatic rings. The van der Waals surface area contributed by atoms with Crippen molar-refractivity contribution < 1.29 is 33.3 Å². The Morgan fingerprint density at radius 2 is 1.72 bits per heavy atom. The van der Waals surface area contributed by atoms with E-state index >= 15 is 0 Å². The van der Waals surface area contributed by atoms with Crippen LogP contribution < -0.4 is 4.74 Å². The first-order valence-electron chi connectivity index (χ1n) is 8.11. The number of hydrogen-bond donors (Lipinski definition) is 0. The Morgan fingerprint density at radius 3 is 2.38 bits per heavy atom. The van der Waals surface area contributed by atoms with Crippen molar-refractivity contribution in [2.75, 3.05) is 20.8 Å². The molecule has 7 nitrogen and oxygen atoms in total. The molecule has 9 heteroatoms. The molecule has 152 valence electrons. The maximum atomic E-state index is 12.4. The average Bonchev–Trinajstić information content (AvgIpc) is 2.73. The molecular weight excluding hydrogens is 423 g/mol. The minimum atomic E-state index is -0.823. The number of carbonyl (C=O) groups excluding carboxylic acids is 3. The summed E-state index contributed by atoms with van der Waals surface area (Å²) in [5, 5.41) is 0.514. The fourth-order valence-electron chi connectivity index (χ4n) is 2.13. The molecule has 0 unspecified atom stereocenters. The van der Waals surface area contributed by atoms with Gasteiger partial charge in [-0.25, -0.2) is 9.59 Å². The summed E-state index contributed by atoms with van der Waals surface area (Å²) in [5.74, 6) is -2.35. The normalized spacial score (nSPS) is 10.8. The van der Waals surface area contributed by atoms with Crippen LogP contribution in [-0.4, -0.2) is 38.5 Å². The van der Waals surface area contributed by atoms with Crippen LogP contribution in [0.3, 0.4) is 0 Å². The van der Waals surface area contributed by atoms with E-state index in [0.717, 1.165) is 6.26 Å². The third kappa shape index (κ3) is 5.97. The van der Waals surface area contributed by atoms with Crippen molar-refractivity contribution >= 4 is 40.9 Å². The van der Waals surface area contributed by atoms with Crippen molar-refractivity contribution in [2.24, 2.45) is 0 Å². The van der Waals surface area contributed by atoms with Crippen LogP contribution in [0.1, 0.15) is 20.7 Å². The molecule has 0 aliphatic carbocycles.